The minimum absolute atomic E-state index is 0.00443. The first-order valence-corrected chi connectivity index (χ1v) is 12.6. The first-order valence-electron chi connectivity index (χ1n) is 12.6. The van der Waals surface area contributed by atoms with Crippen LogP contribution in [0, 0.1) is 11.8 Å². The summed E-state index contributed by atoms with van der Waals surface area (Å²) in [6.07, 6.45) is -1.25. The van der Waals surface area contributed by atoms with Crippen LogP contribution in [0.4, 0.5) is 16.2 Å². The number of hydrogen-bond donors (Lipinski definition) is 6. The molecule has 2 radical (unpaired) electrons. The van der Waals surface area contributed by atoms with Gasteiger partial charge in [-0.1, -0.05) is 17.6 Å². The van der Waals surface area contributed by atoms with Crippen LogP contribution in [0.2, 0.25) is 0 Å². The number of ether oxygens (including phenoxy) is 1. The van der Waals surface area contributed by atoms with Gasteiger partial charge in [0.2, 0.25) is 5.78 Å². The fraction of sp³-hybridized carbons (Fsp3) is 0.286. The maximum Gasteiger partial charge on any atom is 0.417 e. The summed E-state index contributed by atoms with van der Waals surface area (Å²) >= 11 is 0. The molecule has 3 aliphatic carbocycles. The van der Waals surface area contributed by atoms with Crippen molar-refractivity contribution in [2.24, 2.45) is 17.6 Å². The number of nitrogens with two attached hydrogens (primary N) is 1. The number of ketones is 2. The Bertz CT molecular complexity index is 1600. The molecule has 2 aromatic rings. The van der Waals surface area contributed by atoms with Gasteiger partial charge in [0.15, 0.2) is 17.1 Å². The Balaban J connectivity index is 1.60. The van der Waals surface area contributed by atoms with Crippen molar-refractivity contribution in [2.75, 3.05) is 24.3 Å². The number of amides is 2. The maximum absolute atomic E-state index is 13.7. The molecule has 210 valence electrons. The number of anilines is 2. The second-order valence-corrected chi connectivity index (χ2v) is 10.5. The molecule has 2 aromatic carbocycles. The predicted octanol–water partition coefficient (Wildman–Crippen LogP) is 0.895. The highest BCUT2D eigenvalue weighted by Gasteiger charge is 2.60. The van der Waals surface area contributed by atoms with Crippen molar-refractivity contribution < 1.29 is 44.3 Å². The second kappa shape index (κ2) is 9.70. The zero-order valence-corrected chi connectivity index (χ0v) is 22.1. The molecule has 5 rings (SSSR count). The van der Waals surface area contributed by atoms with Gasteiger partial charge in [-0.2, -0.15) is 0 Å². The summed E-state index contributed by atoms with van der Waals surface area (Å²) in [5.74, 6) is -7.18. The lowest BCUT2D eigenvalue weighted by Crippen LogP contribution is -2.58. The molecule has 0 unspecified atom stereocenters. The molecule has 1 fully saturated rings. The summed E-state index contributed by atoms with van der Waals surface area (Å²) in [5.41, 5.74) is 2.51. The average Bonchev–Trinajstić information content (AvgIpc) is 2.88. The van der Waals surface area contributed by atoms with E-state index in [0.717, 1.165) is 0 Å². The molecule has 0 bridgehead atoms. The van der Waals surface area contributed by atoms with Crippen molar-refractivity contribution >= 4 is 54.0 Å². The number of rotatable bonds is 4. The van der Waals surface area contributed by atoms with E-state index in [4.69, 9.17) is 18.3 Å². The minimum atomic E-state index is -2.67. The molecule has 3 atom stereocenters. The van der Waals surface area contributed by atoms with Crippen molar-refractivity contribution in [1.29, 1.82) is 0 Å². The van der Waals surface area contributed by atoms with Crippen LogP contribution < -0.4 is 26.2 Å². The number of primary amides is 1. The Morgan fingerprint density at radius 2 is 1.78 bits per heavy atom. The number of nitrogens with one attached hydrogen (secondary N) is 1. The van der Waals surface area contributed by atoms with Crippen LogP contribution in [0.25, 0.3) is 5.76 Å². The molecule has 3 aliphatic rings. The molecular formula is C28H26BN3O9. The Labute approximate surface area is 235 Å². The van der Waals surface area contributed by atoms with Gasteiger partial charge < -0.3 is 35.8 Å². The van der Waals surface area contributed by atoms with E-state index in [1.807, 2.05) is 0 Å². The van der Waals surface area contributed by atoms with E-state index in [1.54, 1.807) is 19.0 Å². The number of Topliss-reactive ketones (excluding diaryl/α,β-unsaturated/α-hetero) is 2. The highest BCUT2D eigenvalue weighted by Crippen LogP contribution is 2.54. The molecular weight excluding hydrogens is 533 g/mol. The van der Waals surface area contributed by atoms with Crippen LogP contribution in [0.1, 0.15) is 24.0 Å². The number of aliphatic hydroxyl groups is 3. The maximum atomic E-state index is 13.7. The van der Waals surface area contributed by atoms with E-state index >= 15 is 0 Å². The summed E-state index contributed by atoms with van der Waals surface area (Å²) in [5, 5.41) is 47.2. The van der Waals surface area contributed by atoms with Gasteiger partial charge in [0.05, 0.1) is 11.3 Å². The highest BCUT2D eigenvalue weighted by molar-refractivity contribution is 6.32. The van der Waals surface area contributed by atoms with E-state index < -0.39 is 70.3 Å². The zero-order valence-electron chi connectivity index (χ0n) is 22.1. The molecule has 1 saturated carbocycles. The fourth-order valence-electron chi connectivity index (χ4n) is 5.94. The first-order chi connectivity index (χ1) is 19.2. The Morgan fingerprint density at radius 1 is 1.12 bits per heavy atom. The van der Waals surface area contributed by atoms with Crippen LogP contribution in [-0.2, 0) is 20.8 Å². The lowest BCUT2D eigenvalue weighted by Gasteiger charge is -2.46. The van der Waals surface area contributed by atoms with Gasteiger partial charge in [-0.05, 0) is 42.5 Å². The van der Waals surface area contributed by atoms with Gasteiger partial charge in [-0.3, -0.25) is 19.7 Å². The smallest absolute Gasteiger partial charge is 0.417 e. The molecule has 12 nitrogen and oxygen atoms in total. The molecule has 2 amide bonds. The Hall–Kier alpha value is -4.78. The summed E-state index contributed by atoms with van der Waals surface area (Å²) < 4.78 is 5.23. The summed E-state index contributed by atoms with van der Waals surface area (Å²) in [6, 6.07) is 7.50. The SMILES string of the molecule is [B]c1ccc(OC(=O)Nc2cc(N(C)C)c3c(c2O)C(O)=C2C(=O)[C@]4(O)C(O)=C(C(N)=O)C(=O)C[C@@H]4C[C@@H]2C3)cc1. The first kappa shape index (κ1) is 27.8. The average molecular weight is 559 g/mol. The van der Waals surface area contributed by atoms with Gasteiger partial charge in [0.25, 0.3) is 5.91 Å². The van der Waals surface area contributed by atoms with E-state index in [2.05, 4.69) is 5.32 Å². The summed E-state index contributed by atoms with van der Waals surface area (Å²) in [6.45, 7) is 0. The normalized spacial score (nSPS) is 23.4. The number of benzene rings is 2. The highest BCUT2D eigenvalue weighted by atomic mass is 16.6. The Morgan fingerprint density at radius 3 is 2.39 bits per heavy atom. The van der Waals surface area contributed by atoms with Crippen molar-refractivity contribution in [3.63, 3.8) is 0 Å². The van der Waals surface area contributed by atoms with Crippen LogP contribution in [-0.4, -0.2) is 71.5 Å². The van der Waals surface area contributed by atoms with Crippen LogP contribution in [0.3, 0.4) is 0 Å². The number of aliphatic hydroxyl groups excluding tert-OH is 2. The van der Waals surface area contributed by atoms with Crippen molar-refractivity contribution in [1.82, 2.24) is 0 Å². The monoisotopic (exact) mass is 559 g/mol. The summed E-state index contributed by atoms with van der Waals surface area (Å²) in [7, 11) is 9.06. The second-order valence-electron chi connectivity index (χ2n) is 10.5. The Kier molecular flexibility index (Phi) is 6.57. The predicted molar refractivity (Wildman–Crippen MR) is 147 cm³/mol. The zero-order chi connectivity index (χ0) is 30.0. The van der Waals surface area contributed by atoms with Crippen molar-refractivity contribution in [2.45, 2.75) is 24.9 Å². The lowest BCUT2D eigenvalue weighted by molar-refractivity contribution is -0.147. The third-order valence-electron chi connectivity index (χ3n) is 7.85. The number of carbonyl (C=O) groups excluding carboxylic acids is 4. The molecule has 0 heterocycles. The summed E-state index contributed by atoms with van der Waals surface area (Å²) in [4.78, 5) is 52.4. The molecule has 0 aliphatic heterocycles. The van der Waals surface area contributed by atoms with Crippen molar-refractivity contribution in [3.8, 4) is 11.5 Å². The number of nitrogens with zero attached hydrogens (tertiary/aromatic N) is 1. The largest absolute Gasteiger partial charge is 0.508 e. The number of fused-ring (bicyclic) bond motifs is 3. The van der Waals surface area contributed by atoms with Gasteiger partial charge in [0, 0.05) is 37.7 Å². The van der Waals surface area contributed by atoms with Gasteiger partial charge in [0.1, 0.15) is 30.7 Å². The lowest BCUT2D eigenvalue weighted by atomic mass is 9.59. The van der Waals surface area contributed by atoms with Gasteiger partial charge >= 0.3 is 6.09 Å². The molecule has 0 saturated heterocycles. The number of aromatic hydroxyl groups is 1. The molecule has 0 spiro atoms. The standard InChI is InChI=1S/C28H26BN3O9/c1-32(2)17-10-16(31-27(39)41-14-5-3-13(29)4-6-14)22(34)20-15(17)8-11-7-12-9-18(33)21(26(30)38)25(37)28(12,40)24(36)19(11)23(20)35/h3-6,10-12,34-35,37,40H,7-9H2,1-2H3,(H2,30,38)(H,31,39)/t11-,12+,28+/m1/s1. The van der Waals surface area contributed by atoms with Crippen molar-refractivity contribution in [3.05, 3.63) is 58.4 Å². The third-order valence-corrected chi connectivity index (χ3v) is 7.85. The number of carbonyl (C=O) groups is 4. The number of phenols is 1. The number of hydrogen-bond acceptors (Lipinski definition) is 10. The molecule has 41 heavy (non-hydrogen) atoms. The van der Waals surface area contributed by atoms with Gasteiger partial charge in [-0.15, -0.1) is 0 Å². The fourth-order valence-corrected chi connectivity index (χ4v) is 5.94. The molecule has 13 heteroatoms. The van der Waals surface area contributed by atoms with Crippen LogP contribution in [0.15, 0.2) is 47.2 Å². The van der Waals surface area contributed by atoms with Crippen LogP contribution in [0.5, 0.6) is 11.5 Å². The van der Waals surface area contributed by atoms with E-state index in [0.29, 0.717) is 16.7 Å². The van der Waals surface area contributed by atoms with E-state index in [-0.39, 0.29) is 35.4 Å². The number of phenolic OH excluding ortho intramolecular Hbond substituents is 1. The van der Waals surface area contributed by atoms with E-state index in [1.165, 1.54) is 30.3 Å². The van der Waals surface area contributed by atoms with Gasteiger partial charge in [-0.25, -0.2) is 4.79 Å². The van der Waals surface area contributed by atoms with E-state index in [9.17, 15) is 39.6 Å². The molecule has 0 aromatic heterocycles. The quantitative estimate of drug-likeness (QED) is 0.178. The molecule has 7 N–H and O–H groups in total. The third kappa shape index (κ3) is 4.29. The topological polar surface area (TPSA) is 200 Å². The minimum Gasteiger partial charge on any atom is -0.508 e. The van der Waals surface area contributed by atoms with Crippen LogP contribution >= 0.6 is 0 Å².